The highest BCUT2D eigenvalue weighted by molar-refractivity contribution is 5.76. The molecule has 3 rings (SSSR count). The standard InChI is InChI=1S/C14H23N5O/c15-14(20)10-4-6-11(7-5-10)16-9-13-18-17-12-3-1-2-8-19(12)13/h10-11,16H,1-9H2,(H2,15,20). The molecule has 2 aliphatic rings. The summed E-state index contributed by atoms with van der Waals surface area (Å²) >= 11 is 0. The summed E-state index contributed by atoms with van der Waals surface area (Å²) in [5, 5.41) is 12.1. The average molecular weight is 277 g/mol. The first-order valence-corrected chi connectivity index (χ1v) is 7.67. The Balaban J connectivity index is 1.51. The van der Waals surface area contributed by atoms with E-state index in [2.05, 4.69) is 20.1 Å². The molecule has 1 aliphatic heterocycles. The molecular formula is C14H23N5O. The molecule has 1 fully saturated rings. The summed E-state index contributed by atoms with van der Waals surface area (Å²) in [7, 11) is 0. The lowest BCUT2D eigenvalue weighted by Crippen LogP contribution is -2.36. The van der Waals surface area contributed by atoms with E-state index < -0.39 is 0 Å². The normalized spacial score (nSPS) is 26.2. The fourth-order valence-corrected chi connectivity index (χ4v) is 3.32. The second-order valence-corrected chi connectivity index (χ2v) is 5.97. The molecule has 6 nitrogen and oxygen atoms in total. The lowest BCUT2D eigenvalue weighted by molar-refractivity contribution is -0.122. The van der Waals surface area contributed by atoms with Crippen LogP contribution < -0.4 is 11.1 Å². The smallest absolute Gasteiger partial charge is 0.220 e. The minimum Gasteiger partial charge on any atom is -0.369 e. The maximum atomic E-state index is 11.1. The lowest BCUT2D eigenvalue weighted by Gasteiger charge is -2.27. The van der Waals surface area contributed by atoms with E-state index in [-0.39, 0.29) is 11.8 Å². The molecule has 0 spiro atoms. The molecule has 110 valence electrons. The van der Waals surface area contributed by atoms with Crippen molar-refractivity contribution < 1.29 is 4.79 Å². The fraction of sp³-hybridized carbons (Fsp3) is 0.786. The zero-order valence-corrected chi connectivity index (χ0v) is 11.8. The van der Waals surface area contributed by atoms with Gasteiger partial charge in [-0.3, -0.25) is 4.79 Å². The van der Waals surface area contributed by atoms with E-state index in [0.29, 0.717) is 6.04 Å². The fourth-order valence-electron chi connectivity index (χ4n) is 3.32. The van der Waals surface area contributed by atoms with Gasteiger partial charge in [-0.05, 0) is 38.5 Å². The third-order valence-corrected chi connectivity index (χ3v) is 4.61. The van der Waals surface area contributed by atoms with Crippen molar-refractivity contribution in [3.8, 4) is 0 Å². The van der Waals surface area contributed by atoms with E-state index in [1.165, 1.54) is 12.8 Å². The number of amides is 1. The number of primary amides is 1. The molecule has 6 heteroatoms. The zero-order chi connectivity index (χ0) is 13.9. The number of carbonyl (C=O) groups is 1. The van der Waals surface area contributed by atoms with Gasteiger partial charge >= 0.3 is 0 Å². The Bertz CT molecular complexity index is 476. The topological polar surface area (TPSA) is 85.8 Å². The first-order valence-electron chi connectivity index (χ1n) is 7.67. The number of nitrogens with one attached hydrogen (secondary N) is 1. The van der Waals surface area contributed by atoms with Crippen molar-refractivity contribution in [2.45, 2.75) is 64.1 Å². The highest BCUT2D eigenvalue weighted by atomic mass is 16.1. The monoisotopic (exact) mass is 277 g/mol. The maximum absolute atomic E-state index is 11.1. The Morgan fingerprint density at radius 2 is 2.05 bits per heavy atom. The lowest BCUT2D eigenvalue weighted by atomic mass is 9.85. The van der Waals surface area contributed by atoms with Crippen LogP contribution in [0, 0.1) is 5.92 Å². The number of aromatic nitrogens is 3. The Kier molecular flexibility index (Phi) is 4.00. The molecule has 20 heavy (non-hydrogen) atoms. The van der Waals surface area contributed by atoms with E-state index in [1.54, 1.807) is 0 Å². The second kappa shape index (κ2) is 5.91. The Morgan fingerprint density at radius 1 is 1.25 bits per heavy atom. The van der Waals surface area contributed by atoms with Crippen molar-refractivity contribution in [2.75, 3.05) is 0 Å². The van der Waals surface area contributed by atoms with Crippen LogP contribution >= 0.6 is 0 Å². The van der Waals surface area contributed by atoms with E-state index in [0.717, 1.165) is 56.8 Å². The van der Waals surface area contributed by atoms with Crippen molar-refractivity contribution >= 4 is 5.91 Å². The summed E-state index contributed by atoms with van der Waals surface area (Å²) < 4.78 is 2.26. The molecule has 1 aromatic rings. The number of hydrogen-bond acceptors (Lipinski definition) is 4. The van der Waals surface area contributed by atoms with Gasteiger partial charge in [0.1, 0.15) is 11.6 Å². The second-order valence-electron chi connectivity index (χ2n) is 5.97. The van der Waals surface area contributed by atoms with Crippen LogP contribution in [-0.2, 0) is 24.3 Å². The molecule has 0 saturated heterocycles. The first-order chi connectivity index (χ1) is 9.74. The molecular weight excluding hydrogens is 254 g/mol. The van der Waals surface area contributed by atoms with Crippen LogP contribution in [0.25, 0.3) is 0 Å². The molecule has 0 radical (unpaired) electrons. The number of rotatable bonds is 4. The number of aryl methyl sites for hydroxylation is 1. The van der Waals surface area contributed by atoms with Gasteiger partial charge in [0.15, 0.2) is 0 Å². The predicted molar refractivity (Wildman–Crippen MR) is 74.7 cm³/mol. The van der Waals surface area contributed by atoms with Gasteiger partial charge in [0.25, 0.3) is 0 Å². The number of nitrogens with zero attached hydrogens (tertiary/aromatic N) is 3. The van der Waals surface area contributed by atoms with Gasteiger partial charge < -0.3 is 15.6 Å². The largest absolute Gasteiger partial charge is 0.369 e. The summed E-state index contributed by atoms with van der Waals surface area (Å²) in [5.74, 6) is 2.12. The summed E-state index contributed by atoms with van der Waals surface area (Å²) in [6.45, 7) is 1.83. The van der Waals surface area contributed by atoms with Gasteiger partial charge in [0.2, 0.25) is 5.91 Å². The van der Waals surface area contributed by atoms with Crippen molar-refractivity contribution in [2.24, 2.45) is 11.7 Å². The summed E-state index contributed by atoms with van der Waals surface area (Å²) in [6.07, 6.45) is 7.36. The highest BCUT2D eigenvalue weighted by Gasteiger charge is 2.25. The number of fused-ring (bicyclic) bond motifs is 1. The predicted octanol–water partition coefficient (Wildman–Crippen LogP) is 0.748. The van der Waals surface area contributed by atoms with E-state index in [1.807, 2.05) is 0 Å². The molecule has 1 aromatic heterocycles. The number of nitrogens with two attached hydrogens (primary N) is 1. The van der Waals surface area contributed by atoms with Crippen molar-refractivity contribution in [3.05, 3.63) is 11.6 Å². The van der Waals surface area contributed by atoms with Crippen LogP contribution in [0.2, 0.25) is 0 Å². The highest BCUT2D eigenvalue weighted by Crippen LogP contribution is 2.24. The number of carbonyl (C=O) groups excluding carboxylic acids is 1. The van der Waals surface area contributed by atoms with Gasteiger partial charge in [-0.15, -0.1) is 10.2 Å². The molecule has 1 aliphatic carbocycles. The molecule has 0 atom stereocenters. The molecule has 3 N–H and O–H groups in total. The van der Waals surface area contributed by atoms with Gasteiger partial charge in [-0.1, -0.05) is 0 Å². The molecule has 2 heterocycles. The van der Waals surface area contributed by atoms with Crippen LogP contribution in [0.3, 0.4) is 0 Å². The molecule has 1 saturated carbocycles. The third kappa shape index (κ3) is 2.85. The quantitative estimate of drug-likeness (QED) is 0.850. The van der Waals surface area contributed by atoms with Gasteiger partial charge in [-0.2, -0.15) is 0 Å². The van der Waals surface area contributed by atoms with E-state index in [9.17, 15) is 4.79 Å². The Hall–Kier alpha value is -1.43. The maximum Gasteiger partial charge on any atom is 0.220 e. The summed E-state index contributed by atoms with van der Waals surface area (Å²) in [6, 6.07) is 0.474. The average Bonchev–Trinajstić information content (AvgIpc) is 2.89. The number of hydrogen-bond donors (Lipinski definition) is 2. The summed E-state index contributed by atoms with van der Waals surface area (Å²) in [4.78, 5) is 11.1. The van der Waals surface area contributed by atoms with Crippen LogP contribution in [0.15, 0.2) is 0 Å². The van der Waals surface area contributed by atoms with Crippen LogP contribution in [-0.4, -0.2) is 26.7 Å². The summed E-state index contributed by atoms with van der Waals surface area (Å²) in [5.41, 5.74) is 5.36. The van der Waals surface area contributed by atoms with E-state index in [4.69, 9.17) is 5.73 Å². The minimum absolute atomic E-state index is 0.0777. The van der Waals surface area contributed by atoms with Gasteiger partial charge in [0.05, 0.1) is 6.54 Å². The molecule has 0 aromatic carbocycles. The van der Waals surface area contributed by atoms with Crippen LogP contribution in [0.1, 0.15) is 50.2 Å². The first kappa shape index (κ1) is 13.5. The SMILES string of the molecule is NC(=O)C1CCC(NCc2nnc3n2CCCC3)CC1. The molecule has 1 amide bonds. The van der Waals surface area contributed by atoms with Gasteiger partial charge in [0, 0.05) is 24.9 Å². The zero-order valence-electron chi connectivity index (χ0n) is 11.8. The van der Waals surface area contributed by atoms with E-state index >= 15 is 0 Å². The Morgan fingerprint density at radius 3 is 2.80 bits per heavy atom. The van der Waals surface area contributed by atoms with Crippen LogP contribution in [0.4, 0.5) is 0 Å². The van der Waals surface area contributed by atoms with Crippen molar-refractivity contribution in [1.29, 1.82) is 0 Å². The van der Waals surface area contributed by atoms with Gasteiger partial charge in [-0.25, -0.2) is 0 Å². The Labute approximate surface area is 119 Å². The van der Waals surface area contributed by atoms with Crippen molar-refractivity contribution in [3.63, 3.8) is 0 Å². The minimum atomic E-state index is -0.144. The third-order valence-electron chi connectivity index (χ3n) is 4.61. The molecule has 0 unspecified atom stereocenters. The molecule has 0 bridgehead atoms. The van der Waals surface area contributed by atoms with Crippen LogP contribution in [0.5, 0.6) is 0 Å². The van der Waals surface area contributed by atoms with Crippen molar-refractivity contribution in [1.82, 2.24) is 20.1 Å².